The van der Waals surface area contributed by atoms with E-state index >= 15 is 0 Å². The number of nitrogens with zero attached hydrogens (tertiary/aromatic N) is 2. The lowest BCUT2D eigenvalue weighted by Crippen LogP contribution is -2.21. The maximum Gasteiger partial charge on any atom is 0.416 e. The molecule has 0 saturated carbocycles. The summed E-state index contributed by atoms with van der Waals surface area (Å²) in [6, 6.07) is 15.4. The number of carbonyl (C=O) groups excluding carboxylic acids is 1. The average Bonchev–Trinajstić information content (AvgIpc) is 3.27. The summed E-state index contributed by atoms with van der Waals surface area (Å²) in [6.45, 7) is -0.128. The molecule has 0 bridgehead atoms. The largest absolute Gasteiger partial charge is 0.416 e. The molecule has 0 unspecified atom stereocenters. The van der Waals surface area contributed by atoms with E-state index in [1.807, 2.05) is 0 Å². The van der Waals surface area contributed by atoms with Gasteiger partial charge in [-0.05, 0) is 35.9 Å². The van der Waals surface area contributed by atoms with Crippen molar-refractivity contribution in [1.29, 1.82) is 0 Å². The fourth-order valence-electron chi connectivity index (χ4n) is 4.00. The second-order valence-corrected chi connectivity index (χ2v) is 6.88. The highest BCUT2D eigenvalue weighted by molar-refractivity contribution is 6.10. The zero-order valence-corrected chi connectivity index (χ0v) is 14.9. The lowest BCUT2D eigenvalue weighted by molar-refractivity contribution is -0.138. The molecule has 0 radical (unpaired) electrons. The van der Waals surface area contributed by atoms with Crippen LogP contribution in [0.2, 0.25) is 0 Å². The Labute approximate surface area is 162 Å². The second kappa shape index (κ2) is 5.94. The molecule has 3 heterocycles. The van der Waals surface area contributed by atoms with Crippen LogP contribution < -0.4 is 5.43 Å². The Bertz CT molecular complexity index is 1360. The van der Waals surface area contributed by atoms with Gasteiger partial charge in [0.25, 0.3) is 5.91 Å². The third-order valence-electron chi connectivity index (χ3n) is 5.25. The van der Waals surface area contributed by atoms with E-state index < -0.39 is 23.1 Å². The molecule has 0 aliphatic carbocycles. The Morgan fingerprint density at radius 1 is 0.862 bits per heavy atom. The monoisotopic (exact) mass is 394 g/mol. The van der Waals surface area contributed by atoms with E-state index in [2.05, 4.69) is 0 Å². The Balaban J connectivity index is 1.85. The van der Waals surface area contributed by atoms with Crippen molar-refractivity contribution in [2.75, 3.05) is 0 Å². The van der Waals surface area contributed by atoms with Crippen molar-refractivity contribution in [3.63, 3.8) is 0 Å². The fourth-order valence-corrected chi connectivity index (χ4v) is 4.00. The molecule has 29 heavy (non-hydrogen) atoms. The van der Waals surface area contributed by atoms with Crippen LogP contribution in [0.4, 0.5) is 13.2 Å². The highest BCUT2D eigenvalue weighted by Crippen LogP contribution is 2.36. The van der Waals surface area contributed by atoms with Crippen LogP contribution in [0, 0.1) is 0 Å². The summed E-state index contributed by atoms with van der Waals surface area (Å²) in [4.78, 5) is 25.8. The Kier molecular flexibility index (Phi) is 3.58. The summed E-state index contributed by atoms with van der Waals surface area (Å²) in [5, 5.41) is 0.301. The van der Waals surface area contributed by atoms with Crippen molar-refractivity contribution >= 4 is 16.8 Å². The molecule has 0 spiro atoms. The standard InChI is InChI=1S/C22H13F3N2O2/c23-22(24,25)15-8-3-1-6-13(15)12-27-16-9-4-2-7-14(16)20(28)18-19(27)17-10-5-11-26(17)21(18)29/h1-11H,12H2. The van der Waals surface area contributed by atoms with E-state index in [0.29, 0.717) is 22.3 Å². The Morgan fingerprint density at radius 3 is 2.38 bits per heavy atom. The number of pyridine rings is 1. The number of para-hydroxylation sites is 1. The third-order valence-corrected chi connectivity index (χ3v) is 5.25. The van der Waals surface area contributed by atoms with Gasteiger partial charge in [-0.15, -0.1) is 0 Å². The molecule has 2 aromatic heterocycles. The molecule has 0 fully saturated rings. The number of alkyl halides is 3. The summed E-state index contributed by atoms with van der Waals surface area (Å²) >= 11 is 0. The number of rotatable bonds is 2. The average molecular weight is 394 g/mol. The molecular weight excluding hydrogens is 381 g/mol. The van der Waals surface area contributed by atoms with Crippen molar-refractivity contribution < 1.29 is 18.0 Å². The molecule has 1 aliphatic heterocycles. The van der Waals surface area contributed by atoms with Gasteiger partial charge < -0.3 is 4.57 Å². The zero-order chi connectivity index (χ0) is 20.3. The molecule has 1 aliphatic rings. The van der Waals surface area contributed by atoms with Gasteiger partial charge in [-0.2, -0.15) is 13.2 Å². The molecule has 144 valence electrons. The molecule has 0 N–H and O–H groups in total. The molecule has 0 saturated heterocycles. The van der Waals surface area contributed by atoms with Crippen LogP contribution in [-0.2, 0) is 12.7 Å². The van der Waals surface area contributed by atoms with Crippen LogP contribution in [0.3, 0.4) is 0 Å². The summed E-state index contributed by atoms with van der Waals surface area (Å²) in [7, 11) is 0. The predicted molar refractivity (Wildman–Crippen MR) is 102 cm³/mol. The van der Waals surface area contributed by atoms with E-state index in [0.717, 1.165) is 6.07 Å². The van der Waals surface area contributed by atoms with Gasteiger partial charge in [0.05, 0.1) is 22.5 Å². The second-order valence-electron chi connectivity index (χ2n) is 6.88. The highest BCUT2D eigenvalue weighted by atomic mass is 19.4. The minimum Gasteiger partial charge on any atom is -0.334 e. The zero-order valence-electron chi connectivity index (χ0n) is 14.9. The van der Waals surface area contributed by atoms with Crippen LogP contribution in [-0.4, -0.2) is 15.0 Å². The third kappa shape index (κ3) is 2.47. The topological polar surface area (TPSA) is 44.0 Å². The molecule has 2 aromatic carbocycles. The van der Waals surface area contributed by atoms with Crippen LogP contribution in [0.25, 0.3) is 22.3 Å². The molecule has 4 nitrogen and oxygen atoms in total. The van der Waals surface area contributed by atoms with Crippen molar-refractivity contribution in [2.45, 2.75) is 12.7 Å². The van der Waals surface area contributed by atoms with Gasteiger partial charge in [-0.1, -0.05) is 30.3 Å². The number of carbonyl (C=O) groups is 1. The van der Waals surface area contributed by atoms with Gasteiger partial charge in [0.1, 0.15) is 5.56 Å². The molecule has 5 rings (SSSR count). The number of hydrogen-bond acceptors (Lipinski definition) is 2. The molecular formula is C22H13F3N2O2. The molecule has 0 atom stereocenters. The summed E-state index contributed by atoms with van der Waals surface area (Å²) in [6.07, 6.45) is -2.96. The van der Waals surface area contributed by atoms with Crippen LogP contribution in [0.1, 0.15) is 21.5 Å². The molecule has 0 amide bonds. The predicted octanol–water partition coefficient (Wildman–Crippen LogP) is 4.54. The lowest BCUT2D eigenvalue weighted by atomic mass is 10.0. The van der Waals surface area contributed by atoms with Crippen molar-refractivity contribution in [3.05, 3.63) is 93.8 Å². The maximum atomic E-state index is 13.5. The first-order valence-corrected chi connectivity index (χ1v) is 8.91. The first-order chi connectivity index (χ1) is 13.9. The van der Waals surface area contributed by atoms with E-state index in [1.54, 1.807) is 53.2 Å². The van der Waals surface area contributed by atoms with Crippen LogP contribution >= 0.6 is 0 Å². The summed E-state index contributed by atoms with van der Waals surface area (Å²) in [5.74, 6) is -0.464. The Morgan fingerprint density at radius 2 is 1.59 bits per heavy atom. The van der Waals surface area contributed by atoms with E-state index in [-0.39, 0.29) is 17.7 Å². The fraction of sp³-hybridized carbons (Fsp3) is 0.0909. The summed E-state index contributed by atoms with van der Waals surface area (Å²) in [5.41, 5.74) is 0.229. The smallest absolute Gasteiger partial charge is 0.334 e. The SMILES string of the molecule is O=C1c2c(n(Cc3ccccc3C(F)(F)F)c3ccccc3c2=O)-c2cccn21. The van der Waals surface area contributed by atoms with E-state index in [4.69, 9.17) is 0 Å². The van der Waals surface area contributed by atoms with E-state index in [9.17, 15) is 22.8 Å². The normalized spacial score (nSPS) is 13.0. The summed E-state index contributed by atoms with van der Waals surface area (Å²) < 4.78 is 43.6. The minimum absolute atomic E-state index is 0.0104. The number of aromatic nitrogens is 2. The quantitative estimate of drug-likeness (QED) is 0.441. The van der Waals surface area contributed by atoms with Gasteiger partial charge in [-0.3, -0.25) is 14.2 Å². The van der Waals surface area contributed by atoms with Gasteiger partial charge in [0.15, 0.2) is 0 Å². The maximum absolute atomic E-state index is 13.5. The minimum atomic E-state index is -4.51. The van der Waals surface area contributed by atoms with Crippen LogP contribution in [0.5, 0.6) is 0 Å². The van der Waals surface area contributed by atoms with Gasteiger partial charge in [-0.25, -0.2) is 0 Å². The number of halogens is 3. The van der Waals surface area contributed by atoms with Gasteiger partial charge >= 0.3 is 6.18 Å². The van der Waals surface area contributed by atoms with Crippen molar-refractivity contribution in [3.8, 4) is 11.4 Å². The number of benzene rings is 2. The first-order valence-electron chi connectivity index (χ1n) is 8.91. The van der Waals surface area contributed by atoms with Crippen LogP contribution in [0.15, 0.2) is 71.7 Å². The number of hydrogen-bond donors (Lipinski definition) is 0. The first kappa shape index (κ1) is 17.5. The molecule has 7 heteroatoms. The van der Waals surface area contributed by atoms with Crippen molar-refractivity contribution in [2.24, 2.45) is 0 Å². The van der Waals surface area contributed by atoms with Crippen molar-refractivity contribution in [1.82, 2.24) is 9.13 Å². The van der Waals surface area contributed by atoms with E-state index in [1.165, 1.54) is 16.7 Å². The van der Waals surface area contributed by atoms with Gasteiger partial charge in [0, 0.05) is 18.1 Å². The molecule has 4 aromatic rings. The van der Waals surface area contributed by atoms with Gasteiger partial charge in [0.2, 0.25) is 5.43 Å². The lowest BCUT2D eigenvalue weighted by Gasteiger charge is -2.19. The Hall–Kier alpha value is -3.61. The highest BCUT2D eigenvalue weighted by Gasteiger charge is 2.35. The number of fused-ring (bicyclic) bond motifs is 4.